The zero-order chi connectivity index (χ0) is 91.7. The van der Waals surface area contributed by atoms with Gasteiger partial charge in [-0.3, -0.25) is 86.4 Å². The molecular formula is C76H130N22O26. The molecule has 124 heavy (non-hydrogen) atoms. The van der Waals surface area contributed by atoms with Gasteiger partial charge in [0.15, 0.2) is 0 Å². The van der Waals surface area contributed by atoms with Gasteiger partial charge in [0.05, 0.1) is 91.1 Å². The topological polar surface area (TPSA) is 723 Å². The van der Waals surface area contributed by atoms with Crippen LogP contribution in [0, 0.1) is 0 Å². The van der Waals surface area contributed by atoms with Gasteiger partial charge in [-0.15, -0.1) is 5.10 Å². The second-order valence-electron chi connectivity index (χ2n) is 29.0. The average molecular weight is 1770 g/mol. The summed E-state index contributed by atoms with van der Waals surface area (Å²) < 4.78 is 21.4. The van der Waals surface area contributed by atoms with E-state index in [0.717, 1.165) is 49.2 Å². The maximum Gasteiger partial charge on any atom is 0.317 e. The summed E-state index contributed by atoms with van der Waals surface area (Å²) in [6, 6.07) is -13.5. The molecule has 2 aromatic heterocycles. The van der Waals surface area contributed by atoms with Crippen molar-refractivity contribution in [3.63, 3.8) is 0 Å². The highest BCUT2D eigenvalue weighted by Gasteiger charge is 2.35. The third-order valence-corrected chi connectivity index (χ3v) is 18.7. The predicted molar refractivity (Wildman–Crippen MR) is 437 cm³/mol. The lowest BCUT2D eigenvalue weighted by atomic mass is 10.0. The Morgan fingerprint density at radius 2 is 0.863 bits per heavy atom. The fourth-order valence-electron chi connectivity index (χ4n) is 12.0. The van der Waals surface area contributed by atoms with Crippen LogP contribution in [0.25, 0.3) is 0 Å². The number of carboxylic acid groups (broad SMARTS) is 2. The molecule has 48 heteroatoms. The Morgan fingerprint density at radius 1 is 0.427 bits per heavy atom. The number of hydrogen-bond donors (Lipinski definition) is 22. The normalized spacial score (nSPS) is 13.0. The van der Waals surface area contributed by atoms with Crippen molar-refractivity contribution in [2.24, 2.45) is 11.5 Å². The largest absolute Gasteiger partial charge is 0.480 e. The summed E-state index contributed by atoms with van der Waals surface area (Å²) in [4.78, 5) is 227. The smallest absolute Gasteiger partial charge is 0.317 e. The van der Waals surface area contributed by atoms with Crippen LogP contribution < -0.4 is 80.6 Å². The second kappa shape index (κ2) is 67.4. The molecule has 24 N–H and O–H groups in total. The number of aromatic nitrogens is 6. The van der Waals surface area contributed by atoms with Crippen molar-refractivity contribution < 1.29 is 126 Å². The first-order valence-electron chi connectivity index (χ1n) is 41.8. The van der Waals surface area contributed by atoms with Crippen molar-refractivity contribution in [3.8, 4) is 0 Å². The van der Waals surface area contributed by atoms with Crippen LogP contribution in [0.15, 0.2) is 12.5 Å². The van der Waals surface area contributed by atoms with E-state index in [0.29, 0.717) is 32.4 Å². The van der Waals surface area contributed by atoms with Crippen LogP contribution in [0.1, 0.15) is 179 Å². The standard InChI is InChI=1S/C76H130N22O26/c1-3-4-20-51(69(113)79-2)86-63(105)28-29-83-70(114)52(21-18-19-32-98(42-67(109)110)43-68(111)112)88-73(117)55(39-50-40-80-49-85-50)91-71(115)53(24-26-59(77)102)90-75(119)57(45-100)93-76(120)58(46-101)92-72(116)54(25-27-60(78)103)89-74(118)56(44-99)87-64(106)41-84-66(108)48-124-38-36-122-34-31-82-65(107)47-123-37-35-121-33-30-81-62(104)23-17-15-13-11-9-7-5-6-8-10-12-14-16-22-61-94-96-97-95-61/h40,49,51-58,99-101H,3-39,41-48H2,1-2H3,(H2,77,102)(H2,78,103)(H,79,113)(H,80,85)(H,81,104)(H,82,107)(H,83,114)(H,84,108)(H,86,105)(H,87,106)(H,88,117)(H,89,118)(H,90,119)(H,91,115)(H,92,116)(H,93,120)(H,109,110)(H,111,112)(H,94,95,96,97)/t51-,52-,53-,54-,55-,56+,57-,58-/m0/s1. The lowest BCUT2D eigenvalue weighted by Crippen LogP contribution is -2.61. The van der Waals surface area contributed by atoms with Crippen molar-refractivity contribution in [1.29, 1.82) is 0 Å². The number of carbonyl (C=O) groups excluding carboxylic acids is 15. The summed E-state index contributed by atoms with van der Waals surface area (Å²) >= 11 is 0. The molecule has 0 aliphatic carbocycles. The van der Waals surface area contributed by atoms with Crippen molar-refractivity contribution in [1.82, 2.24) is 105 Å². The van der Waals surface area contributed by atoms with Crippen LogP contribution in [-0.4, -0.2) is 335 Å². The molecule has 0 aliphatic rings. The summed E-state index contributed by atoms with van der Waals surface area (Å²) in [7, 11) is 1.40. The number of aromatic amines is 2. The van der Waals surface area contributed by atoms with E-state index < -0.39 is 221 Å². The molecule has 700 valence electrons. The summed E-state index contributed by atoms with van der Waals surface area (Å²) in [5.74, 6) is -15.4. The number of nitrogens with zero attached hydrogens (tertiary/aromatic N) is 5. The molecule has 0 aromatic carbocycles. The number of nitrogens with one attached hydrogen (secondary N) is 15. The van der Waals surface area contributed by atoms with Gasteiger partial charge in [0.1, 0.15) is 67.4 Å². The Bertz CT molecular complexity index is 3520. The van der Waals surface area contributed by atoms with Gasteiger partial charge in [-0.05, 0) is 68.3 Å². The van der Waals surface area contributed by atoms with Crippen molar-refractivity contribution >= 4 is 101 Å². The number of unbranched alkanes of at least 4 members (excludes halogenated alkanes) is 14. The lowest BCUT2D eigenvalue weighted by Gasteiger charge is -2.27. The maximum absolute atomic E-state index is 14.4. The van der Waals surface area contributed by atoms with Gasteiger partial charge in [-0.25, -0.2) is 10.1 Å². The van der Waals surface area contributed by atoms with Gasteiger partial charge in [-0.1, -0.05) is 90.4 Å². The first kappa shape index (κ1) is 109. The highest BCUT2D eigenvalue weighted by Crippen LogP contribution is 2.15. The first-order chi connectivity index (χ1) is 59.5. The quantitative estimate of drug-likeness (QED) is 0.0274. The third kappa shape index (κ3) is 53.1. The summed E-state index contributed by atoms with van der Waals surface area (Å²) in [5, 5.41) is 94.4. The molecule has 0 radical (unpaired) electrons. The maximum atomic E-state index is 14.4. The number of hydrogen-bond acceptors (Lipinski definition) is 29. The Labute approximate surface area is 718 Å². The number of aliphatic hydroxyl groups is 3. The highest BCUT2D eigenvalue weighted by molar-refractivity contribution is 5.98. The van der Waals surface area contributed by atoms with Crippen molar-refractivity contribution in [2.45, 2.75) is 229 Å². The Hall–Kier alpha value is -11.0. The fraction of sp³-hybridized carbons (Fsp3) is 0.724. The predicted octanol–water partition coefficient (Wildman–Crippen LogP) is -6.95. The highest BCUT2D eigenvalue weighted by atomic mass is 16.5. The van der Waals surface area contributed by atoms with E-state index in [1.54, 1.807) is 0 Å². The van der Waals surface area contributed by atoms with E-state index >= 15 is 0 Å². The molecule has 0 bridgehead atoms. The molecule has 8 atom stereocenters. The number of likely N-dealkylation sites (N-methyl/N-ethyl adjacent to an activating group) is 1. The van der Waals surface area contributed by atoms with E-state index in [1.165, 1.54) is 77.4 Å². The van der Waals surface area contributed by atoms with Crippen LogP contribution in [0.3, 0.4) is 0 Å². The van der Waals surface area contributed by atoms with Gasteiger partial charge >= 0.3 is 11.9 Å². The summed E-state index contributed by atoms with van der Waals surface area (Å²) in [6.07, 6.45) is 17.7. The number of aliphatic hydroxyl groups excluding tert-OH is 3. The Morgan fingerprint density at radius 3 is 1.34 bits per heavy atom. The summed E-state index contributed by atoms with van der Waals surface area (Å²) in [5.41, 5.74) is 10.9. The number of primary amides is 2. The fourth-order valence-corrected chi connectivity index (χ4v) is 12.0. The number of imidazole rings is 1. The molecule has 48 nitrogen and oxygen atoms in total. The number of aliphatic carboxylic acids is 2. The zero-order valence-corrected chi connectivity index (χ0v) is 70.8. The molecule has 0 spiro atoms. The minimum atomic E-state index is -2.04. The average Bonchev–Trinajstić information content (AvgIpc) is 1.14. The number of rotatable bonds is 76. The minimum absolute atomic E-state index is 0.00702. The number of tetrazole rings is 1. The van der Waals surface area contributed by atoms with Crippen molar-refractivity contribution in [3.05, 3.63) is 24.0 Å². The van der Waals surface area contributed by atoms with Gasteiger partial charge in [0.2, 0.25) is 88.6 Å². The van der Waals surface area contributed by atoms with E-state index in [4.69, 9.17) is 30.4 Å². The SMILES string of the molecule is CCCC[C@H](NC(=O)CCNC(=O)[C@H](CCCCN(CC(=O)O)CC(=O)O)NC(=O)[C@H](Cc1c[nH]cn1)NC(=O)[C@H](CCC(N)=O)NC(=O)[C@H](CO)NC(=O)[C@H](CO)NC(=O)[C@H](CCC(N)=O)NC(=O)[C@@H](CO)NC(=O)CNC(=O)COCCOCCNC(=O)COCCOCCNC(=O)CCCCCCCCCCCCCCCc1nnn[nH]1)C(=O)NC. The number of amides is 15. The van der Waals surface area contributed by atoms with Crippen LogP contribution >= 0.6 is 0 Å². The Kier molecular flexibility index (Phi) is 59.3. The lowest BCUT2D eigenvalue weighted by molar-refractivity contribution is -0.142. The number of carboxylic acids is 2. The molecule has 0 saturated heterocycles. The molecule has 0 saturated carbocycles. The van der Waals surface area contributed by atoms with E-state index in [-0.39, 0.29) is 96.6 Å². The molecule has 0 aliphatic heterocycles. The first-order valence-corrected chi connectivity index (χ1v) is 41.8. The number of nitrogens with two attached hydrogens (primary N) is 2. The Balaban J connectivity index is 1.88. The third-order valence-electron chi connectivity index (χ3n) is 18.7. The van der Waals surface area contributed by atoms with Gasteiger partial charge in [-0.2, -0.15) is 0 Å². The number of ether oxygens (including phenoxy) is 4. The molecule has 0 fully saturated rings. The minimum Gasteiger partial charge on any atom is -0.480 e. The number of aryl methyl sites for hydroxylation is 1. The van der Waals surface area contributed by atoms with Crippen LogP contribution in [0.4, 0.5) is 0 Å². The number of carbonyl (C=O) groups is 17. The molecule has 15 amide bonds. The van der Waals surface area contributed by atoms with Gasteiger partial charge < -0.3 is 130 Å². The summed E-state index contributed by atoms with van der Waals surface area (Å²) in [6.45, 7) is -3.74. The van der Waals surface area contributed by atoms with Crippen molar-refractivity contribution in [2.75, 3.05) is 126 Å². The molecule has 0 unspecified atom stereocenters. The molecular weight excluding hydrogens is 1640 g/mol. The van der Waals surface area contributed by atoms with Crippen LogP contribution in [-0.2, 0) is 113 Å². The molecule has 2 aromatic rings. The number of H-pyrrole nitrogens is 2. The van der Waals surface area contributed by atoms with E-state index in [2.05, 4.69) is 99.7 Å². The van der Waals surface area contributed by atoms with Gasteiger partial charge in [0.25, 0.3) is 0 Å². The monoisotopic (exact) mass is 1770 g/mol. The van der Waals surface area contributed by atoms with Gasteiger partial charge in [0, 0.05) is 71.4 Å². The van der Waals surface area contributed by atoms with E-state index in [9.17, 15) is 107 Å². The zero-order valence-electron chi connectivity index (χ0n) is 70.8. The molecule has 2 rings (SSSR count). The van der Waals surface area contributed by atoms with E-state index in [1.807, 2.05) is 6.92 Å². The van der Waals surface area contributed by atoms with Crippen LogP contribution in [0.2, 0.25) is 0 Å². The second-order valence-corrected chi connectivity index (χ2v) is 29.0. The van der Waals surface area contributed by atoms with Crippen LogP contribution in [0.5, 0.6) is 0 Å². The molecule has 2 heterocycles.